The maximum absolute atomic E-state index is 12.8. The molecule has 166 valence electrons. The zero-order valence-corrected chi connectivity index (χ0v) is 17.2. The summed E-state index contributed by atoms with van der Waals surface area (Å²) in [5, 5.41) is 20.3. The predicted molar refractivity (Wildman–Crippen MR) is 112 cm³/mol. The van der Waals surface area contributed by atoms with Crippen LogP contribution in [0.5, 0.6) is 0 Å². The topological polar surface area (TPSA) is 93.7 Å². The standard InChI is InChI=1S/C21H20F3N7O/c1-30-11-15(7-27-30)13-4-3-5-14(6-13)19-25-9-17(16-8-28-31(2)12-16)20(29-19)26-10-18(32)21(22,23)24/h3-9,11-12,18,32H,10H2,1-2H3,(H,25,26,29). The van der Waals surface area contributed by atoms with E-state index in [1.807, 2.05) is 37.5 Å². The minimum absolute atomic E-state index is 0.165. The van der Waals surface area contributed by atoms with Crippen molar-refractivity contribution in [3.8, 4) is 33.6 Å². The van der Waals surface area contributed by atoms with Crippen LogP contribution in [0.1, 0.15) is 0 Å². The number of benzene rings is 1. The summed E-state index contributed by atoms with van der Waals surface area (Å²) in [5.74, 6) is 0.491. The largest absolute Gasteiger partial charge is 0.416 e. The molecule has 1 atom stereocenters. The van der Waals surface area contributed by atoms with Crippen molar-refractivity contribution in [3.63, 3.8) is 0 Å². The number of hydrogen-bond acceptors (Lipinski definition) is 6. The molecule has 0 amide bonds. The van der Waals surface area contributed by atoms with Gasteiger partial charge in [0.1, 0.15) is 5.82 Å². The summed E-state index contributed by atoms with van der Waals surface area (Å²) in [5.41, 5.74) is 3.60. The number of aryl methyl sites for hydroxylation is 2. The van der Waals surface area contributed by atoms with Crippen LogP contribution in [0.15, 0.2) is 55.2 Å². The Morgan fingerprint density at radius 1 is 0.969 bits per heavy atom. The minimum atomic E-state index is -4.74. The average molecular weight is 443 g/mol. The molecule has 1 unspecified atom stereocenters. The van der Waals surface area contributed by atoms with E-state index in [1.54, 1.807) is 35.0 Å². The highest BCUT2D eigenvalue weighted by molar-refractivity contribution is 5.76. The van der Waals surface area contributed by atoms with E-state index in [0.717, 1.165) is 11.1 Å². The maximum atomic E-state index is 12.8. The highest BCUT2D eigenvalue weighted by Crippen LogP contribution is 2.30. The lowest BCUT2D eigenvalue weighted by atomic mass is 10.1. The predicted octanol–water partition coefficient (Wildman–Crippen LogP) is 3.28. The molecule has 0 saturated heterocycles. The highest BCUT2D eigenvalue weighted by Gasteiger charge is 2.38. The van der Waals surface area contributed by atoms with Crippen LogP contribution < -0.4 is 5.32 Å². The van der Waals surface area contributed by atoms with E-state index < -0.39 is 18.8 Å². The van der Waals surface area contributed by atoms with Crippen molar-refractivity contribution in [3.05, 3.63) is 55.2 Å². The Balaban J connectivity index is 1.71. The number of aromatic nitrogens is 6. The van der Waals surface area contributed by atoms with Crippen molar-refractivity contribution in [2.45, 2.75) is 12.3 Å². The Morgan fingerprint density at radius 2 is 1.62 bits per heavy atom. The number of aliphatic hydroxyl groups excluding tert-OH is 1. The molecule has 0 fully saturated rings. The van der Waals surface area contributed by atoms with Gasteiger partial charge in [0, 0.05) is 54.9 Å². The van der Waals surface area contributed by atoms with Gasteiger partial charge < -0.3 is 10.4 Å². The molecule has 8 nitrogen and oxygen atoms in total. The molecular weight excluding hydrogens is 423 g/mol. The van der Waals surface area contributed by atoms with E-state index in [2.05, 4.69) is 25.5 Å². The Morgan fingerprint density at radius 3 is 2.25 bits per heavy atom. The first-order valence-electron chi connectivity index (χ1n) is 9.65. The summed E-state index contributed by atoms with van der Waals surface area (Å²) in [6.45, 7) is -0.747. The van der Waals surface area contributed by atoms with E-state index in [9.17, 15) is 18.3 Å². The van der Waals surface area contributed by atoms with Gasteiger partial charge >= 0.3 is 6.18 Å². The van der Waals surface area contributed by atoms with Gasteiger partial charge in [0.05, 0.1) is 18.9 Å². The SMILES string of the molecule is Cn1cc(-c2cccc(-c3ncc(-c4cnn(C)c4)c(NCC(O)C(F)(F)F)n3)c2)cn1. The minimum Gasteiger partial charge on any atom is -0.382 e. The molecule has 0 spiro atoms. The number of nitrogens with zero attached hydrogens (tertiary/aromatic N) is 6. The fourth-order valence-corrected chi connectivity index (χ4v) is 3.14. The first kappa shape index (κ1) is 21.5. The zero-order valence-electron chi connectivity index (χ0n) is 17.2. The number of rotatable bonds is 6. The van der Waals surface area contributed by atoms with Gasteiger partial charge in [0.2, 0.25) is 0 Å². The number of hydrogen-bond donors (Lipinski definition) is 2. The van der Waals surface area contributed by atoms with Crippen LogP contribution in [-0.4, -0.2) is 53.5 Å². The lowest BCUT2D eigenvalue weighted by molar-refractivity contribution is -0.198. The van der Waals surface area contributed by atoms with Gasteiger partial charge in [-0.1, -0.05) is 18.2 Å². The zero-order chi connectivity index (χ0) is 22.9. The summed E-state index contributed by atoms with van der Waals surface area (Å²) in [6.07, 6.45) is 1.12. The van der Waals surface area contributed by atoms with Gasteiger partial charge in [-0.25, -0.2) is 9.97 Å². The van der Waals surface area contributed by atoms with Gasteiger partial charge in [-0.05, 0) is 11.6 Å². The second kappa shape index (κ2) is 8.42. The molecule has 0 aliphatic rings. The molecule has 0 bridgehead atoms. The monoisotopic (exact) mass is 443 g/mol. The highest BCUT2D eigenvalue weighted by atomic mass is 19.4. The Bertz CT molecular complexity index is 1230. The molecule has 1 aromatic carbocycles. The van der Waals surface area contributed by atoms with Gasteiger partial charge in [-0.3, -0.25) is 9.36 Å². The molecule has 0 radical (unpaired) electrons. The maximum Gasteiger partial charge on any atom is 0.416 e. The lowest BCUT2D eigenvalue weighted by Crippen LogP contribution is -2.35. The van der Waals surface area contributed by atoms with E-state index in [4.69, 9.17) is 0 Å². The molecule has 32 heavy (non-hydrogen) atoms. The van der Waals surface area contributed by atoms with Crippen LogP contribution in [-0.2, 0) is 14.1 Å². The molecule has 0 saturated carbocycles. The number of anilines is 1. The first-order chi connectivity index (χ1) is 15.2. The van der Waals surface area contributed by atoms with Crippen molar-refractivity contribution >= 4 is 5.82 Å². The summed E-state index contributed by atoms with van der Waals surface area (Å²) in [7, 11) is 3.55. The fourth-order valence-electron chi connectivity index (χ4n) is 3.14. The third-order valence-electron chi connectivity index (χ3n) is 4.80. The quantitative estimate of drug-likeness (QED) is 0.475. The lowest BCUT2D eigenvalue weighted by Gasteiger charge is -2.17. The van der Waals surface area contributed by atoms with E-state index in [0.29, 0.717) is 22.5 Å². The second-order valence-corrected chi connectivity index (χ2v) is 7.28. The van der Waals surface area contributed by atoms with Crippen LogP contribution in [0.25, 0.3) is 33.6 Å². The van der Waals surface area contributed by atoms with Crippen LogP contribution >= 0.6 is 0 Å². The summed E-state index contributed by atoms with van der Waals surface area (Å²) in [6, 6.07) is 7.46. The molecule has 2 N–H and O–H groups in total. The Labute approximate surface area is 181 Å². The number of aliphatic hydroxyl groups is 1. The van der Waals surface area contributed by atoms with Gasteiger partial charge in [-0.2, -0.15) is 23.4 Å². The molecule has 3 heterocycles. The second-order valence-electron chi connectivity index (χ2n) is 7.28. The number of halogens is 3. The Kier molecular flexibility index (Phi) is 5.66. The van der Waals surface area contributed by atoms with E-state index in [-0.39, 0.29) is 5.82 Å². The third-order valence-corrected chi connectivity index (χ3v) is 4.80. The van der Waals surface area contributed by atoms with Crippen molar-refractivity contribution in [2.24, 2.45) is 14.1 Å². The molecule has 0 aliphatic carbocycles. The van der Waals surface area contributed by atoms with Gasteiger partial charge in [0.25, 0.3) is 0 Å². The van der Waals surface area contributed by atoms with Crippen molar-refractivity contribution in [2.75, 3.05) is 11.9 Å². The Hall–Kier alpha value is -3.73. The number of alkyl halides is 3. The molecule has 0 aliphatic heterocycles. The van der Waals surface area contributed by atoms with Gasteiger partial charge in [0.15, 0.2) is 11.9 Å². The molecule has 4 rings (SSSR count). The van der Waals surface area contributed by atoms with Crippen LogP contribution in [0.3, 0.4) is 0 Å². The van der Waals surface area contributed by atoms with Crippen molar-refractivity contribution in [1.82, 2.24) is 29.5 Å². The van der Waals surface area contributed by atoms with Crippen LogP contribution in [0.4, 0.5) is 19.0 Å². The van der Waals surface area contributed by atoms with Crippen LogP contribution in [0.2, 0.25) is 0 Å². The smallest absolute Gasteiger partial charge is 0.382 e. The normalized spacial score (nSPS) is 12.7. The van der Waals surface area contributed by atoms with E-state index >= 15 is 0 Å². The molecular formula is C21H20F3N7O. The summed E-state index contributed by atoms with van der Waals surface area (Å²) in [4.78, 5) is 8.88. The summed E-state index contributed by atoms with van der Waals surface area (Å²) < 4.78 is 41.6. The molecule has 11 heteroatoms. The summed E-state index contributed by atoms with van der Waals surface area (Å²) >= 11 is 0. The first-order valence-corrected chi connectivity index (χ1v) is 9.65. The van der Waals surface area contributed by atoms with Crippen LogP contribution in [0, 0.1) is 0 Å². The molecule has 4 aromatic rings. The van der Waals surface area contributed by atoms with Crippen molar-refractivity contribution < 1.29 is 18.3 Å². The average Bonchev–Trinajstić information content (AvgIpc) is 3.39. The van der Waals surface area contributed by atoms with Crippen molar-refractivity contribution in [1.29, 1.82) is 0 Å². The fraction of sp³-hybridized carbons (Fsp3) is 0.238. The third kappa shape index (κ3) is 4.62. The van der Waals surface area contributed by atoms with E-state index in [1.165, 1.54) is 6.20 Å². The number of nitrogens with one attached hydrogen (secondary N) is 1. The van der Waals surface area contributed by atoms with Gasteiger partial charge in [-0.15, -0.1) is 0 Å². The molecule has 3 aromatic heterocycles.